The van der Waals surface area contributed by atoms with Crippen LogP contribution in [0.4, 0.5) is 5.69 Å². The van der Waals surface area contributed by atoms with Gasteiger partial charge in [-0.15, -0.1) is 0 Å². The molecule has 2 aromatic carbocycles. The van der Waals surface area contributed by atoms with E-state index in [2.05, 4.69) is 5.32 Å². The third-order valence-corrected chi connectivity index (χ3v) is 4.74. The quantitative estimate of drug-likeness (QED) is 0.800. The van der Waals surface area contributed by atoms with Gasteiger partial charge in [0.05, 0.1) is 17.6 Å². The van der Waals surface area contributed by atoms with Gasteiger partial charge in [0.1, 0.15) is 12.3 Å². The molecule has 0 bridgehead atoms. The molecule has 0 saturated carbocycles. The van der Waals surface area contributed by atoms with Gasteiger partial charge in [0.15, 0.2) is 6.10 Å². The predicted octanol–water partition coefficient (Wildman–Crippen LogP) is 2.38. The molecule has 2 amide bonds. The highest BCUT2D eigenvalue weighted by atomic mass is 16.5. The first-order chi connectivity index (χ1) is 13.4. The number of nitrogens with one attached hydrogen (secondary N) is 1. The van der Waals surface area contributed by atoms with E-state index < -0.39 is 29.9 Å². The van der Waals surface area contributed by atoms with Crippen molar-refractivity contribution in [2.75, 3.05) is 11.4 Å². The van der Waals surface area contributed by atoms with Crippen molar-refractivity contribution in [1.29, 1.82) is 0 Å². The second-order valence-corrected chi connectivity index (χ2v) is 6.73. The number of nitrogens with zero attached hydrogens (tertiary/aromatic N) is 1. The molecule has 28 heavy (non-hydrogen) atoms. The standard InChI is InChI=1S/C21H22N2O5/c1-13(21(26)27)19(15-8-4-3-5-9-15)22-18(24)12-23-16-10-6-7-11-17(16)28-14(2)20(23)25/h3-11,13-14,19H,12H2,1-2H3,(H,22,24)(H,26,27)/t13-,14-,19-/m0/s1. The van der Waals surface area contributed by atoms with Crippen LogP contribution in [0.3, 0.4) is 0 Å². The topological polar surface area (TPSA) is 95.9 Å². The zero-order valence-electron chi connectivity index (χ0n) is 15.7. The molecule has 0 fully saturated rings. The number of hydrogen-bond donors (Lipinski definition) is 2. The van der Waals surface area contributed by atoms with Gasteiger partial charge in [0.2, 0.25) is 5.91 Å². The van der Waals surface area contributed by atoms with E-state index in [9.17, 15) is 19.5 Å². The molecule has 0 saturated heterocycles. The maximum Gasteiger partial charge on any atom is 0.308 e. The molecule has 1 aliphatic rings. The first kappa shape index (κ1) is 19.4. The van der Waals surface area contributed by atoms with E-state index in [1.807, 2.05) is 6.07 Å². The predicted molar refractivity (Wildman–Crippen MR) is 103 cm³/mol. The van der Waals surface area contributed by atoms with Crippen LogP contribution in [-0.4, -0.2) is 35.5 Å². The summed E-state index contributed by atoms with van der Waals surface area (Å²) >= 11 is 0. The van der Waals surface area contributed by atoms with Gasteiger partial charge in [0, 0.05) is 0 Å². The third kappa shape index (κ3) is 3.98. The van der Waals surface area contributed by atoms with Crippen LogP contribution in [0.25, 0.3) is 0 Å². The molecule has 0 radical (unpaired) electrons. The van der Waals surface area contributed by atoms with Crippen LogP contribution >= 0.6 is 0 Å². The van der Waals surface area contributed by atoms with Gasteiger partial charge in [-0.25, -0.2) is 0 Å². The van der Waals surface area contributed by atoms with Crippen molar-refractivity contribution in [1.82, 2.24) is 5.32 Å². The molecule has 0 spiro atoms. The lowest BCUT2D eigenvalue weighted by atomic mass is 9.94. The highest BCUT2D eigenvalue weighted by molar-refractivity contribution is 6.03. The number of carbonyl (C=O) groups excluding carboxylic acids is 2. The summed E-state index contributed by atoms with van der Waals surface area (Å²) in [5, 5.41) is 12.2. The lowest BCUT2D eigenvalue weighted by Gasteiger charge is -2.33. The molecule has 0 aliphatic carbocycles. The Bertz CT molecular complexity index is 883. The second kappa shape index (κ2) is 8.12. The lowest BCUT2D eigenvalue weighted by molar-refractivity contribution is -0.142. The summed E-state index contributed by atoms with van der Waals surface area (Å²) in [5.74, 6) is -2.09. The Labute approximate surface area is 162 Å². The van der Waals surface area contributed by atoms with Gasteiger partial charge in [-0.2, -0.15) is 0 Å². The Morgan fingerprint density at radius 3 is 2.46 bits per heavy atom. The number of carboxylic acid groups (broad SMARTS) is 1. The van der Waals surface area contributed by atoms with E-state index in [1.54, 1.807) is 55.5 Å². The molecular weight excluding hydrogens is 360 g/mol. The van der Waals surface area contributed by atoms with Crippen LogP contribution in [0.15, 0.2) is 54.6 Å². The number of carbonyl (C=O) groups is 3. The number of hydrogen-bond acceptors (Lipinski definition) is 4. The molecule has 7 heteroatoms. The van der Waals surface area contributed by atoms with Crippen LogP contribution in [0, 0.1) is 5.92 Å². The Hall–Kier alpha value is -3.35. The van der Waals surface area contributed by atoms with E-state index in [1.165, 1.54) is 11.8 Å². The van der Waals surface area contributed by atoms with Gasteiger partial charge in [-0.05, 0) is 31.5 Å². The summed E-state index contributed by atoms with van der Waals surface area (Å²) in [6, 6.07) is 15.2. The minimum atomic E-state index is -1.02. The number of rotatable bonds is 6. The number of amides is 2. The van der Waals surface area contributed by atoms with Crippen molar-refractivity contribution < 1.29 is 24.2 Å². The van der Waals surface area contributed by atoms with E-state index in [0.717, 1.165) is 0 Å². The maximum absolute atomic E-state index is 12.7. The zero-order valence-corrected chi connectivity index (χ0v) is 15.7. The van der Waals surface area contributed by atoms with Crippen molar-refractivity contribution in [3.63, 3.8) is 0 Å². The number of ether oxygens (including phenoxy) is 1. The molecule has 2 N–H and O–H groups in total. The molecule has 0 unspecified atom stereocenters. The minimum Gasteiger partial charge on any atom is -0.481 e. The number of anilines is 1. The molecule has 2 aromatic rings. The van der Waals surface area contributed by atoms with E-state index in [-0.39, 0.29) is 12.5 Å². The van der Waals surface area contributed by atoms with Crippen LogP contribution in [0.1, 0.15) is 25.5 Å². The van der Waals surface area contributed by atoms with Gasteiger partial charge in [-0.3, -0.25) is 19.3 Å². The van der Waals surface area contributed by atoms with Crippen molar-refractivity contribution >= 4 is 23.5 Å². The number of fused-ring (bicyclic) bond motifs is 1. The molecule has 1 heterocycles. The largest absolute Gasteiger partial charge is 0.481 e. The Balaban J connectivity index is 1.81. The van der Waals surface area contributed by atoms with Crippen LogP contribution < -0.4 is 15.0 Å². The first-order valence-electron chi connectivity index (χ1n) is 9.02. The molecule has 3 rings (SSSR count). The Morgan fingerprint density at radius 1 is 1.14 bits per heavy atom. The van der Waals surface area contributed by atoms with Crippen molar-refractivity contribution in [3.05, 3.63) is 60.2 Å². The fourth-order valence-electron chi connectivity index (χ4n) is 3.18. The average molecular weight is 382 g/mol. The van der Waals surface area contributed by atoms with Crippen LogP contribution in [0.2, 0.25) is 0 Å². The lowest BCUT2D eigenvalue weighted by Crippen LogP contribution is -2.49. The molecule has 146 valence electrons. The van der Waals surface area contributed by atoms with Crippen LogP contribution in [-0.2, 0) is 14.4 Å². The van der Waals surface area contributed by atoms with Gasteiger partial charge >= 0.3 is 5.97 Å². The Kier molecular flexibility index (Phi) is 5.63. The number of benzene rings is 2. The fraction of sp³-hybridized carbons (Fsp3) is 0.286. The highest BCUT2D eigenvalue weighted by Gasteiger charge is 2.34. The number of aliphatic carboxylic acids is 1. The van der Waals surface area contributed by atoms with E-state index in [4.69, 9.17) is 4.74 Å². The number of para-hydroxylation sites is 2. The summed E-state index contributed by atoms with van der Waals surface area (Å²) in [5.41, 5.74) is 1.20. The summed E-state index contributed by atoms with van der Waals surface area (Å²) in [6.07, 6.45) is -0.703. The van der Waals surface area contributed by atoms with Gasteiger partial charge in [0.25, 0.3) is 5.91 Å². The van der Waals surface area contributed by atoms with E-state index in [0.29, 0.717) is 17.0 Å². The normalized spacial score (nSPS) is 17.9. The first-order valence-corrected chi connectivity index (χ1v) is 9.02. The summed E-state index contributed by atoms with van der Waals surface area (Å²) in [7, 11) is 0. The summed E-state index contributed by atoms with van der Waals surface area (Å²) < 4.78 is 5.58. The Morgan fingerprint density at radius 2 is 1.79 bits per heavy atom. The third-order valence-electron chi connectivity index (χ3n) is 4.74. The SMILES string of the molecule is C[C@@H]1Oc2ccccc2N(CC(=O)N[C@H](c2ccccc2)[C@H](C)C(=O)O)C1=O. The van der Waals surface area contributed by atoms with Gasteiger partial charge in [-0.1, -0.05) is 42.5 Å². The average Bonchev–Trinajstić information content (AvgIpc) is 2.69. The van der Waals surface area contributed by atoms with Crippen molar-refractivity contribution in [3.8, 4) is 5.75 Å². The fourth-order valence-corrected chi connectivity index (χ4v) is 3.18. The van der Waals surface area contributed by atoms with Crippen molar-refractivity contribution in [2.45, 2.75) is 26.0 Å². The summed E-state index contributed by atoms with van der Waals surface area (Å²) in [6.45, 7) is 2.94. The molecule has 0 aromatic heterocycles. The smallest absolute Gasteiger partial charge is 0.308 e. The molecule has 1 aliphatic heterocycles. The second-order valence-electron chi connectivity index (χ2n) is 6.73. The van der Waals surface area contributed by atoms with Crippen LogP contribution in [0.5, 0.6) is 5.75 Å². The molecule has 7 nitrogen and oxygen atoms in total. The maximum atomic E-state index is 12.7. The number of carboxylic acids is 1. The van der Waals surface area contributed by atoms with Crippen molar-refractivity contribution in [2.24, 2.45) is 5.92 Å². The molecular formula is C21H22N2O5. The zero-order chi connectivity index (χ0) is 20.3. The highest BCUT2D eigenvalue weighted by Crippen LogP contribution is 2.33. The minimum absolute atomic E-state index is 0.223. The van der Waals surface area contributed by atoms with E-state index >= 15 is 0 Å². The summed E-state index contributed by atoms with van der Waals surface area (Å²) in [4.78, 5) is 38.2. The van der Waals surface area contributed by atoms with Gasteiger partial charge < -0.3 is 15.2 Å². The monoisotopic (exact) mass is 382 g/mol. The molecule has 3 atom stereocenters.